The van der Waals surface area contributed by atoms with Crippen LogP contribution in [0.15, 0.2) is 12.1 Å². The first-order valence-corrected chi connectivity index (χ1v) is 13.4. The van der Waals surface area contributed by atoms with Gasteiger partial charge in [0.2, 0.25) is 0 Å². The van der Waals surface area contributed by atoms with Crippen LogP contribution in [-0.2, 0) is 16.3 Å². The van der Waals surface area contributed by atoms with Gasteiger partial charge in [0.15, 0.2) is 19.8 Å². The Kier molecular flexibility index (Phi) is 4.41. The molecule has 5 atom stereocenters. The van der Waals surface area contributed by atoms with Crippen molar-refractivity contribution >= 4 is 8.32 Å². The van der Waals surface area contributed by atoms with Gasteiger partial charge in [-0.1, -0.05) is 33.8 Å². The molecular weight excluding hydrogens is 366 g/mol. The predicted octanol–water partition coefficient (Wildman–Crippen LogP) is 5.21. The number of rotatable bonds is 3. The first kappa shape index (κ1) is 19.8. The summed E-state index contributed by atoms with van der Waals surface area (Å²) in [5, 5.41) is 10.0. The highest BCUT2D eigenvalue weighted by Gasteiger charge is 2.62. The Morgan fingerprint density at radius 3 is 2.57 bits per heavy atom. The van der Waals surface area contributed by atoms with Gasteiger partial charge in [0.1, 0.15) is 6.10 Å². The fraction of sp³-hybridized carbons (Fsp3) is 0.696. The van der Waals surface area contributed by atoms with Crippen LogP contribution in [0.5, 0.6) is 11.5 Å². The Bertz CT molecular complexity index is 837. The molecule has 28 heavy (non-hydrogen) atoms. The maximum Gasteiger partial charge on any atom is 0.192 e. The highest BCUT2D eigenvalue weighted by atomic mass is 28.4. The summed E-state index contributed by atoms with van der Waals surface area (Å²) in [5.41, 5.74) is 2.33. The summed E-state index contributed by atoms with van der Waals surface area (Å²) in [6.07, 6.45) is 2.80. The molecule has 1 aromatic rings. The molecule has 1 heterocycles. The second-order valence-electron chi connectivity index (χ2n) is 10.5. The Hall–Kier alpha value is -1.51. The fourth-order valence-corrected chi connectivity index (χ4v) is 6.85. The lowest BCUT2D eigenvalue weighted by Crippen LogP contribution is -2.59. The molecule has 0 spiro atoms. The molecule has 0 aromatic heterocycles. The number of hydrogen-bond donors (Lipinski definition) is 0. The number of methoxy groups -OCH3 is 1. The van der Waals surface area contributed by atoms with Crippen molar-refractivity contribution in [3.63, 3.8) is 0 Å². The predicted molar refractivity (Wildman–Crippen MR) is 112 cm³/mol. The third-order valence-corrected chi connectivity index (χ3v) is 12.5. The van der Waals surface area contributed by atoms with Gasteiger partial charge in [0, 0.05) is 11.0 Å². The van der Waals surface area contributed by atoms with E-state index in [1.54, 1.807) is 7.11 Å². The van der Waals surface area contributed by atoms with Gasteiger partial charge in [-0.2, -0.15) is 5.26 Å². The van der Waals surface area contributed by atoms with Crippen molar-refractivity contribution < 1.29 is 13.9 Å². The molecule has 1 fully saturated rings. The fourth-order valence-electron chi connectivity index (χ4n) is 5.50. The summed E-state index contributed by atoms with van der Waals surface area (Å²) >= 11 is 0. The molecule has 0 bridgehead atoms. The molecule has 5 heteroatoms. The molecule has 1 aliphatic heterocycles. The lowest BCUT2D eigenvalue weighted by molar-refractivity contribution is -0.0500. The topological polar surface area (TPSA) is 51.5 Å². The van der Waals surface area contributed by atoms with E-state index in [4.69, 9.17) is 13.9 Å². The number of benzene rings is 1. The SMILES string of the molecule is COc1ccc2c3c1O[C@H]1[C@H](O[Si](C)(C)C(C)(C)C)CC[C@@H]([C@@H](C#N)C2)[C@@]31C. The highest BCUT2D eigenvalue weighted by Crippen LogP contribution is 2.62. The zero-order chi connectivity index (χ0) is 20.5. The van der Waals surface area contributed by atoms with E-state index in [-0.39, 0.29) is 28.6 Å². The van der Waals surface area contributed by atoms with E-state index in [1.165, 1.54) is 11.1 Å². The van der Waals surface area contributed by atoms with Crippen LogP contribution in [0, 0.1) is 23.2 Å². The molecule has 0 amide bonds. The normalized spacial score (nSPS) is 33.6. The lowest BCUT2D eigenvalue weighted by Gasteiger charge is -2.52. The summed E-state index contributed by atoms with van der Waals surface area (Å²) in [4.78, 5) is 0. The molecule has 0 radical (unpaired) electrons. The maximum atomic E-state index is 9.89. The summed E-state index contributed by atoms with van der Waals surface area (Å²) in [6, 6.07) is 6.74. The molecule has 3 aliphatic rings. The van der Waals surface area contributed by atoms with E-state index >= 15 is 0 Å². The van der Waals surface area contributed by atoms with Crippen molar-refractivity contribution in [2.75, 3.05) is 7.11 Å². The standard InChI is InChI=1S/C23H33NO3Si/c1-22(2,3)28(6,7)27-18-11-9-16-15(13-24)12-14-8-10-17(25-5)20-19(14)23(16,4)21(18)26-20/h8,10,15-16,18,21H,9,11-12H2,1-7H3/t15-,16+,18-,21+,23+/m1/s1. The largest absolute Gasteiger partial charge is 0.493 e. The number of nitrogens with zero attached hydrogens (tertiary/aromatic N) is 1. The molecule has 0 N–H and O–H groups in total. The first-order chi connectivity index (χ1) is 13.0. The van der Waals surface area contributed by atoms with Gasteiger partial charge in [-0.05, 0) is 54.9 Å². The zero-order valence-corrected chi connectivity index (χ0v) is 19.3. The molecule has 0 saturated heterocycles. The number of ether oxygens (including phenoxy) is 2. The molecule has 4 nitrogen and oxygen atoms in total. The minimum atomic E-state index is -1.93. The minimum Gasteiger partial charge on any atom is -0.493 e. The zero-order valence-electron chi connectivity index (χ0n) is 18.3. The third kappa shape index (κ3) is 2.57. The second-order valence-corrected chi connectivity index (χ2v) is 15.2. The summed E-state index contributed by atoms with van der Waals surface area (Å²) in [5.74, 6) is 2.04. The van der Waals surface area contributed by atoms with Gasteiger partial charge >= 0.3 is 0 Å². The molecule has 1 saturated carbocycles. The van der Waals surface area contributed by atoms with Crippen molar-refractivity contribution in [3.05, 3.63) is 23.3 Å². The van der Waals surface area contributed by atoms with Crippen molar-refractivity contribution in [1.29, 1.82) is 5.26 Å². The van der Waals surface area contributed by atoms with Crippen LogP contribution in [-0.4, -0.2) is 27.6 Å². The van der Waals surface area contributed by atoms with E-state index in [0.29, 0.717) is 5.92 Å². The monoisotopic (exact) mass is 399 g/mol. The van der Waals surface area contributed by atoms with Crippen LogP contribution >= 0.6 is 0 Å². The second kappa shape index (κ2) is 6.24. The Balaban J connectivity index is 1.80. The van der Waals surface area contributed by atoms with Gasteiger partial charge in [-0.3, -0.25) is 0 Å². The Morgan fingerprint density at radius 2 is 1.96 bits per heavy atom. The highest BCUT2D eigenvalue weighted by molar-refractivity contribution is 6.74. The smallest absolute Gasteiger partial charge is 0.192 e. The quantitative estimate of drug-likeness (QED) is 0.655. The Labute approximate surface area is 170 Å². The van der Waals surface area contributed by atoms with Crippen LogP contribution < -0.4 is 9.47 Å². The molecule has 2 aliphatic carbocycles. The van der Waals surface area contributed by atoms with Crippen molar-refractivity contribution in [1.82, 2.24) is 0 Å². The van der Waals surface area contributed by atoms with Crippen molar-refractivity contribution in [2.45, 2.75) is 82.7 Å². The van der Waals surface area contributed by atoms with E-state index in [2.05, 4.69) is 52.9 Å². The van der Waals surface area contributed by atoms with Gasteiger partial charge in [-0.15, -0.1) is 0 Å². The van der Waals surface area contributed by atoms with Crippen LogP contribution in [0.25, 0.3) is 0 Å². The molecule has 4 rings (SSSR count). The van der Waals surface area contributed by atoms with E-state index < -0.39 is 8.32 Å². The Morgan fingerprint density at radius 1 is 1.25 bits per heavy atom. The molecular formula is C23H33NO3Si. The van der Waals surface area contributed by atoms with Gasteiger partial charge in [0.25, 0.3) is 0 Å². The van der Waals surface area contributed by atoms with Gasteiger partial charge in [-0.25, -0.2) is 0 Å². The van der Waals surface area contributed by atoms with Crippen LogP contribution in [0.2, 0.25) is 18.1 Å². The summed E-state index contributed by atoms with van der Waals surface area (Å²) in [7, 11) is -0.227. The lowest BCUT2D eigenvalue weighted by atomic mass is 9.54. The van der Waals surface area contributed by atoms with Crippen LogP contribution in [0.1, 0.15) is 51.7 Å². The first-order valence-electron chi connectivity index (χ1n) is 10.5. The van der Waals surface area contributed by atoms with Gasteiger partial charge in [0.05, 0.1) is 25.2 Å². The third-order valence-electron chi connectivity index (χ3n) is 8.02. The minimum absolute atomic E-state index is 0.0387. The van der Waals surface area contributed by atoms with Crippen LogP contribution in [0.3, 0.4) is 0 Å². The summed E-state index contributed by atoms with van der Waals surface area (Å²) < 4.78 is 19.2. The molecule has 0 unspecified atom stereocenters. The van der Waals surface area contributed by atoms with E-state index in [0.717, 1.165) is 30.8 Å². The average Bonchev–Trinajstić information content (AvgIpc) is 2.94. The average molecular weight is 400 g/mol. The number of nitriles is 1. The van der Waals surface area contributed by atoms with Crippen molar-refractivity contribution in [2.24, 2.45) is 11.8 Å². The van der Waals surface area contributed by atoms with Crippen LogP contribution in [0.4, 0.5) is 0 Å². The molecule has 1 aromatic carbocycles. The maximum absolute atomic E-state index is 9.89. The molecule has 152 valence electrons. The van der Waals surface area contributed by atoms with Crippen molar-refractivity contribution in [3.8, 4) is 17.6 Å². The number of hydrogen-bond acceptors (Lipinski definition) is 4. The van der Waals surface area contributed by atoms with E-state index in [1.807, 2.05) is 6.07 Å². The summed E-state index contributed by atoms with van der Waals surface area (Å²) in [6.45, 7) is 13.8. The van der Waals surface area contributed by atoms with E-state index in [9.17, 15) is 5.26 Å². The van der Waals surface area contributed by atoms with Gasteiger partial charge < -0.3 is 13.9 Å².